The summed E-state index contributed by atoms with van der Waals surface area (Å²) < 4.78 is 1.50. The van der Waals surface area contributed by atoms with Crippen LogP contribution < -0.4 is 15.8 Å². The molecule has 1 aromatic rings. The van der Waals surface area contributed by atoms with Gasteiger partial charge >= 0.3 is 0 Å². The molecule has 1 saturated carbocycles. The fourth-order valence-electron chi connectivity index (χ4n) is 2.71. The standard InChI is InChI=1S/C16H24N4O/c1-13(10-17-14-5-6-14)12-20-16(21)9-15(11-18-20)19-7-3-2-4-8-19/h9,11,14,17H,1-8,10,12H2. The molecule has 3 rings (SSSR count). The monoisotopic (exact) mass is 288 g/mol. The summed E-state index contributed by atoms with van der Waals surface area (Å²) in [5, 5.41) is 7.72. The quantitative estimate of drug-likeness (QED) is 0.807. The van der Waals surface area contributed by atoms with Crippen LogP contribution in [0, 0.1) is 0 Å². The van der Waals surface area contributed by atoms with Crippen molar-refractivity contribution in [3.05, 3.63) is 34.8 Å². The summed E-state index contributed by atoms with van der Waals surface area (Å²) in [5.41, 5.74) is 1.92. The minimum atomic E-state index is -0.0364. The SMILES string of the molecule is C=C(CNC1CC1)Cn1ncc(N2CCCCC2)cc1=O. The zero-order valence-electron chi connectivity index (χ0n) is 12.6. The molecule has 0 radical (unpaired) electrons. The Morgan fingerprint density at radius 3 is 2.76 bits per heavy atom. The molecule has 1 saturated heterocycles. The first-order valence-electron chi connectivity index (χ1n) is 7.94. The molecule has 0 bridgehead atoms. The Hall–Kier alpha value is -1.62. The summed E-state index contributed by atoms with van der Waals surface area (Å²) >= 11 is 0. The lowest BCUT2D eigenvalue weighted by Gasteiger charge is -2.28. The van der Waals surface area contributed by atoms with Crippen molar-refractivity contribution >= 4 is 5.69 Å². The molecule has 1 aliphatic heterocycles. The van der Waals surface area contributed by atoms with Crippen molar-refractivity contribution in [2.75, 3.05) is 24.5 Å². The average molecular weight is 288 g/mol. The van der Waals surface area contributed by atoms with Crippen LogP contribution in [-0.4, -0.2) is 35.5 Å². The molecule has 5 heteroatoms. The van der Waals surface area contributed by atoms with E-state index in [1.807, 2.05) is 6.20 Å². The highest BCUT2D eigenvalue weighted by Crippen LogP contribution is 2.19. The Bertz CT molecular complexity index is 556. The zero-order chi connectivity index (χ0) is 14.7. The van der Waals surface area contributed by atoms with Gasteiger partial charge in [0.05, 0.1) is 18.4 Å². The molecule has 21 heavy (non-hydrogen) atoms. The van der Waals surface area contributed by atoms with Crippen molar-refractivity contribution in [3.63, 3.8) is 0 Å². The number of anilines is 1. The summed E-state index contributed by atoms with van der Waals surface area (Å²) in [6.07, 6.45) is 8.02. The molecular formula is C16H24N4O. The summed E-state index contributed by atoms with van der Waals surface area (Å²) in [7, 11) is 0. The molecule has 1 N–H and O–H groups in total. The second-order valence-electron chi connectivity index (χ2n) is 6.16. The van der Waals surface area contributed by atoms with Gasteiger partial charge < -0.3 is 10.2 Å². The van der Waals surface area contributed by atoms with E-state index >= 15 is 0 Å². The highest BCUT2D eigenvalue weighted by Gasteiger charge is 2.20. The highest BCUT2D eigenvalue weighted by molar-refractivity contribution is 5.43. The van der Waals surface area contributed by atoms with Crippen LogP contribution in [0.2, 0.25) is 0 Å². The van der Waals surface area contributed by atoms with E-state index in [4.69, 9.17) is 0 Å². The molecule has 0 amide bonds. The van der Waals surface area contributed by atoms with Gasteiger partial charge in [-0.3, -0.25) is 4.79 Å². The van der Waals surface area contributed by atoms with Crippen LogP contribution in [0.5, 0.6) is 0 Å². The number of rotatable bonds is 6. The fourth-order valence-corrected chi connectivity index (χ4v) is 2.71. The lowest BCUT2D eigenvalue weighted by molar-refractivity contribution is 0.568. The van der Waals surface area contributed by atoms with E-state index in [1.54, 1.807) is 6.07 Å². The molecule has 0 spiro atoms. The molecule has 1 aromatic heterocycles. The summed E-state index contributed by atoms with van der Waals surface area (Å²) in [5.74, 6) is 0. The number of nitrogens with one attached hydrogen (secondary N) is 1. The first kappa shape index (κ1) is 14.3. The normalized spacial score (nSPS) is 18.8. The van der Waals surface area contributed by atoms with Gasteiger partial charge in [-0.05, 0) is 37.7 Å². The van der Waals surface area contributed by atoms with Gasteiger partial charge in [-0.1, -0.05) is 6.58 Å². The Labute approximate surface area is 125 Å². The maximum Gasteiger partial charge on any atom is 0.269 e. The molecule has 0 unspecified atom stereocenters. The van der Waals surface area contributed by atoms with E-state index in [1.165, 1.54) is 36.8 Å². The van der Waals surface area contributed by atoms with Crippen LogP contribution in [0.1, 0.15) is 32.1 Å². The third-order valence-corrected chi connectivity index (χ3v) is 4.17. The molecule has 2 fully saturated rings. The van der Waals surface area contributed by atoms with E-state index in [0.717, 1.165) is 30.9 Å². The Balaban J connectivity index is 1.60. The third kappa shape index (κ3) is 3.94. The highest BCUT2D eigenvalue weighted by atomic mass is 16.1. The van der Waals surface area contributed by atoms with E-state index in [0.29, 0.717) is 12.6 Å². The van der Waals surface area contributed by atoms with Gasteiger partial charge in [-0.2, -0.15) is 5.10 Å². The average Bonchev–Trinajstić information content (AvgIpc) is 3.32. The van der Waals surface area contributed by atoms with E-state index in [-0.39, 0.29) is 5.56 Å². The van der Waals surface area contributed by atoms with Gasteiger partial charge in [0.15, 0.2) is 0 Å². The molecule has 5 nitrogen and oxygen atoms in total. The Kier molecular flexibility index (Phi) is 4.39. The van der Waals surface area contributed by atoms with Crippen molar-refractivity contribution in [3.8, 4) is 0 Å². The first-order valence-corrected chi connectivity index (χ1v) is 7.94. The van der Waals surface area contributed by atoms with Crippen LogP contribution in [0.4, 0.5) is 5.69 Å². The maximum atomic E-state index is 12.2. The predicted octanol–water partition coefficient (Wildman–Crippen LogP) is 1.54. The molecule has 0 atom stereocenters. The Morgan fingerprint density at radius 2 is 2.10 bits per heavy atom. The summed E-state index contributed by atoms with van der Waals surface area (Å²) in [6.45, 7) is 7.36. The van der Waals surface area contributed by atoms with Crippen molar-refractivity contribution in [1.29, 1.82) is 0 Å². The maximum absolute atomic E-state index is 12.2. The topological polar surface area (TPSA) is 50.2 Å². The number of piperidine rings is 1. The van der Waals surface area contributed by atoms with Crippen LogP contribution >= 0.6 is 0 Å². The number of aromatic nitrogens is 2. The first-order chi connectivity index (χ1) is 10.2. The van der Waals surface area contributed by atoms with E-state index < -0.39 is 0 Å². The lowest BCUT2D eigenvalue weighted by Crippen LogP contribution is -2.32. The van der Waals surface area contributed by atoms with Crippen molar-refractivity contribution in [2.24, 2.45) is 0 Å². The van der Waals surface area contributed by atoms with Crippen molar-refractivity contribution in [2.45, 2.75) is 44.7 Å². The van der Waals surface area contributed by atoms with Crippen molar-refractivity contribution in [1.82, 2.24) is 15.1 Å². The van der Waals surface area contributed by atoms with Gasteiger partial charge in [0.1, 0.15) is 0 Å². The van der Waals surface area contributed by atoms with Gasteiger partial charge in [-0.25, -0.2) is 4.68 Å². The largest absolute Gasteiger partial charge is 0.370 e. The van der Waals surface area contributed by atoms with Gasteiger partial charge in [-0.15, -0.1) is 0 Å². The molecule has 0 aromatic carbocycles. The second-order valence-corrected chi connectivity index (χ2v) is 6.16. The minimum absolute atomic E-state index is 0.0364. The van der Waals surface area contributed by atoms with Crippen LogP contribution in [0.25, 0.3) is 0 Å². The molecule has 1 aliphatic carbocycles. The lowest BCUT2D eigenvalue weighted by atomic mass is 10.1. The smallest absolute Gasteiger partial charge is 0.269 e. The van der Waals surface area contributed by atoms with Crippen LogP contribution in [-0.2, 0) is 6.54 Å². The summed E-state index contributed by atoms with van der Waals surface area (Å²) in [4.78, 5) is 14.4. The molecular weight excluding hydrogens is 264 g/mol. The third-order valence-electron chi connectivity index (χ3n) is 4.17. The molecule has 114 valence electrons. The predicted molar refractivity (Wildman–Crippen MR) is 84.7 cm³/mol. The van der Waals surface area contributed by atoms with Gasteiger partial charge in [0.25, 0.3) is 5.56 Å². The Morgan fingerprint density at radius 1 is 1.33 bits per heavy atom. The summed E-state index contributed by atoms with van der Waals surface area (Å²) in [6, 6.07) is 2.37. The molecule has 2 aliphatic rings. The second kappa shape index (κ2) is 6.43. The van der Waals surface area contributed by atoms with E-state index in [2.05, 4.69) is 21.9 Å². The van der Waals surface area contributed by atoms with Gasteiger partial charge in [0, 0.05) is 31.7 Å². The fraction of sp³-hybridized carbons (Fsp3) is 0.625. The number of hydrogen-bond acceptors (Lipinski definition) is 4. The van der Waals surface area contributed by atoms with E-state index in [9.17, 15) is 4.79 Å². The van der Waals surface area contributed by atoms with Crippen LogP contribution in [0.3, 0.4) is 0 Å². The zero-order valence-corrected chi connectivity index (χ0v) is 12.6. The van der Waals surface area contributed by atoms with Crippen molar-refractivity contribution < 1.29 is 0 Å². The van der Waals surface area contributed by atoms with Gasteiger partial charge in [0.2, 0.25) is 0 Å². The molecule has 2 heterocycles. The number of nitrogens with zero attached hydrogens (tertiary/aromatic N) is 3. The van der Waals surface area contributed by atoms with Crippen LogP contribution in [0.15, 0.2) is 29.2 Å². The number of hydrogen-bond donors (Lipinski definition) is 1. The minimum Gasteiger partial charge on any atom is -0.370 e.